The van der Waals surface area contributed by atoms with Crippen molar-refractivity contribution in [3.8, 4) is 23.0 Å². The van der Waals surface area contributed by atoms with Crippen LogP contribution in [0.15, 0.2) is 64.2 Å². The Bertz CT molecular complexity index is 1230. The number of phenolic OH excluding ortho intramolecular Hbond substituents is 1. The van der Waals surface area contributed by atoms with Gasteiger partial charge in [-0.3, -0.25) is 0 Å². The van der Waals surface area contributed by atoms with E-state index in [1.807, 2.05) is 41.4 Å². The minimum atomic E-state index is -0.594. The third kappa shape index (κ3) is 3.55. The molecule has 0 aliphatic carbocycles. The van der Waals surface area contributed by atoms with Crippen molar-refractivity contribution in [3.63, 3.8) is 0 Å². The van der Waals surface area contributed by atoms with Crippen LogP contribution in [-0.4, -0.2) is 30.0 Å². The highest BCUT2D eigenvalue weighted by Crippen LogP contribution is 2.49. The van der Waals surface area contributed by atoms with Crippen LogP contribution >= 0.6 is 27.5 Å². The first-order valence-electron chi connectivity index (χ1n) is 10.0. The lowest BCUT2D eigenvalue weighted by Gasteiger charge is -2.38. The number of phenols is 1. The van der Waals surface area contributed by atoms with E-state index in [9.17, 15) is 5.11 Å². The molecule has 0 amide bonds. The first-order chi connectivity index (χ1) is 15.5. The highest BCUT2D eigenvalue weighted by atomic mass is 79.9. The molecule has 0 saturated heterocycles. The van der Waals surface area contributed by atoms with Gasteiger partial charge in [-0.05, 0) is 54.6 Å². The Hall–Kier alpha value is -2.90. The predicted octanol–water partition coefficient (Wildman–Crippen LogP) is 6.07. The van der Waals surface area contributed by atoms with Crippen molar-refractivity contribution < 1.29 is 19.3 Å². The molecule has 0 fully saturated rings. The van der Waals surface area contributed by atoms with Gasteiger partial charge in [0.2, 0.25) is 6.23 Å². The van der Waals surface area contributed by atoms with Crippen molar-refractivity contribution in [1.82, 2.24) is 5.01 Å². The molecule has 1 N–H and O–H groups in total. The molecule has 0 radical (unpaired) electrons. The Morgan fingerprint density at radius 3 is 2.62 bits per heavy atom. The van der Waals surface area contributed by atoms with Crippen LogP contribution in [0.2, 0.25) is 5.02 Å². The van der Waals surface area contributed by atoms with Gasteiger partial charge in [0.15, 0.2) is 11.5 Å². The molecule has 3 aromatic rings. The summed E-state index contributed by atoms with van der Waals surface area (Å²) < 4.78 is 18.0. The Balaban J connectivity index is 1.61. The lowest BCUT2D eigenvalue weighted by molar-refractivity contribution is -0.0203. The molecule has 164 valence electrons. The summed E-state index contributed by atoms with van der Waals surface area (Å²) in [5.41, 5.74) is 3.40. The molecule has 0 spiro atoms. The average molecular weight is 516 g/mol. The van der Waals surface area contributed by atoms with Crippen LogP contribution in [-0.2, 0) is 0 Å². The van der Waals surface area contributed by atoms with Crippen LogP contribution in [0.3, 0.4) is 0 Å². The summed E-state index contributed by atoms with van der Waals surface area (Å²) in [4.78, 5) is 0. The number of rotatable bonds is 4. The average Bonchev–Trinajstić information content (AvgIpc) is 3.25. The molecule has 2 atom stereocenters. The van der Waals surface area contributed by atoms with Gasteiger partial charge in [0.05, 0.1) is 31.5 Å². The van der Waals surface area contributed by atoms with Crippen molar-refractivity contribution in [2.75, 3.05) is 14.2 Å². The van der Waals surface area contributed by atoms with Gasteiger partial charge in [-0.25, -0.2) is 5.01 Å². The summed E-state index contributed by atoms with van der Waals surface area (Å²) in [6, 6.07) is 16.5. The zero-order chi connectivity index (χ0) is 22.4. The van der Waals surface area contributed by atoms with Crippen molar-refractivity contribution in [1.29, 1.82) is 0 Å². The molecule has 0 aromatic heterocycles. The van der Waals surface area contributed by atoms with Gasteiger partial charge >= 0.3 is 0 Å². The lowest BCUT2D eigenvalue weighted by Crippen LogP contribution is -2.33. The normalized spacial score (nSPS) is 19.0. The highest BCUT2D eigenvalue weighted by Gasteiger charge is 2.42. The Morgan fingerprint density at radius 2 is 1.84 bits per heavy atom. The molecule has 0 saturated carbocycles. The number of halogens is 2. The van der Waals surface area contributed by atoms with Gasteiger partial charge in [0.1, 0.15) is 11.5 Å². The number of methoxy groups -OCH3 is 2. The molecular weight excluding hydrogens is 496 g/mol. The molecule has 8 heteroatoms. The van der Waals surface area contributed by atoms with Crippen LogP contribution in [0.4, 0.5) is 0 Å². The van der Waals surface area contributed by atoms with Gasteiger partial charge in [-0.1, -0.05) is 27.5 Å². The van der Waals surface area contributed by atoms with Crippen molar-refractivity contribution in [3.05, 3.63) is 80.8 Å². The minimum Gasteiger partial charge on any atom is -0.507 e. The lowest BCUT2D eigenvalue weighted by atomic mass is 9.95. The number of nitrogens with zero attached hydrogens (tertiary/aromatic N) is 2. The quantitative estimate of drug-likeness (QED) is 0.457. The second-order valence-electron chi connectivity index (χ2n) is 7.57. The van der Waals surface area contributed by atoms with Gasteiger partial charge in [-0.15, -0.1) is 0 Å². The van der Waals surface area contributed by atoms with E-state index in [2.05, 4.69) is 15.9 Å². The molecule has 0 bridgehead atoms. The largest absolute Gasteiger partial charge is 0.507 e. The summed E-state index contributed by atoms with van der Waals surface area (Å²) in [6.45, 7) is 0. The van der Waals surface area contributed by atoms with E-state index in [0.717, 1.165) is 27.1 Å². The van der Waals surface area contributed by atoms with E-state index in [1.165, 1.54) is 0 Å². The van der Waals surface area contributed by atoms with E-state index in [4.69, 9.17) is 30.9 Å². The maximum Gasteiger partial charge on any atom is 0.217 e. The maximum absolute atomic E-state index is 10.6. The van der Waals surface area contributed by atoms with E-state index in [0.29, 0.717) is 28.5 Å². The van der Waals surface area contributed by atoms with Crippen molar-refractivity contribution >= 4 is 33.2 Å². The summed E-state index contributed by atoms with van der Waals surface area (Å²) in [6.07, 6.45) is 0.0566. The summed E-state index contributed by atoms with van der Waals surface area (Å²) in [7, 11) is 3.22. The molecule has 5 rings (SSSR count). The number of ether oxygens (including phenoxy) is 3. The smallest absolute Gasteiger partial charge is 0.217 e. The van der Waals surface area contributed by atoms with Crippen LogP contribution in [0.1, 0.15) is 35.4 Å². The summed E-state index contributed by atoms with van der Waals surface area (Å²) >= 11 is 9.80. The number of hydrogen-bond donors (Lipinski definition) is 1. The first-order valence-corrected chi connectivity index (χ1v) is 11.2. The Morgan fingerprint density at radius 1 is 1.03 bits per heavy atom. The summed E-state index contributed by atoms with van der Waals surface area (Å²) in [5.74, 6) is 2.16. The number of hydrazone groups is 1. The molecule has 2 heterocycles. The number of hydrogen-bond acceptors (Lipinski definition) is 6. The van der Waals surface area contributed by atoms with E-state index in [-0.39, 0.29) is 11.8 Å². The van der Waals surface area contributed by atoms with Crippen molar-refractivity contribution in [2.45, 2.75) is 18.7 Å². The fourth-order valence-electron chi connectivity index (χ4n) is 4.18. The van der Waals surface area contributed by atoms with E-state index < -0.39 is 6.23 Å². The second-order valence-corrected chi connectivity index (χ2v) is 8.92. The molecule has 6 nitrogen and oxygen atoms in total. The van der Waals surface area contributed by atoms with Gasteiger partial charge in [-0.2, -0.15) is 5.10 Å². The van der Waals surface area contributed by atoms with Gasteiger partial charge in [0, 0.05) is 27.0 Å². The Kier molecular flexibility index (Phi) is 5.39. The maximum atomic E-state index is 10.6. The molecule has 32 heavy (non-hydrogen) atoms. The third-order valence-electron chi connectivity index (χ3n) is 5.72. The molecule has 3 aromatic carbocycles. The second kappa shape index (κ2) is 8.22. The van der Waals surface area contributed by atoms with Crippen LogP contribution in [0, 0.1) is 0 Å². The van der Waals surface area contributed by atoms with Gasteiger partial charge in [0.25, 0.3) is 0 Å². The van der Waals surface area contributed by atoms with Crippen LogP contribution < -0.4 is 14.2 Å². The molecule has 2 aliphatic rings. The predicted molar refractivity (Wildman–Crippen MR) is 126 cm³/mol. The number of aromatic hydroxyl groups is 1. The van der Waals surface area contributed by atoms with Crippen LogP contribution in [0.5, 0.6) is 23.0 Å². The Labute approximate surface area is 199 Å². The fourth-order valence-corrected chi connectivity index (χ4v) is 4.74. The summed E-state index contributed by atoms with van der Waals surface area (Å²) in [5, 5.41) is 18.0. The standard InChI is InChI=1S/C24H20BrClN2O4/c1-30-22-7-3-13(9-23(22)31-2)18-12-19-16-11-15(26)5-8-21(16)32-24(28(19)27-18)17-10-14(25)4-6-20(17)29/h3-11,19,24,29H,12H2,1-2H3/t19-,24+/m0/s1. The zero-order valence-electron chi connectivity index (χ0n) is 17.4. The molecule has 0 unspecified atom stereocenters. The number of fused-ring (bicyclic) bond motifs is 3. The van der Waals surface area contributed by atoms with Crippen molar-refractivity contribution in [2.24, 2.45) is 5.10 Å². The third-order valence-corrected chi connectivity index (χ3v) is 6.45. The van der Waals surface area contributed by atoms with E-state index >= 15 is 0 Å². The molecule has 2 aliphatic heterocycles. The minimum absolute atomic E-state index is 0.0936. The fraction of sp³-hybridized carbons (Fsp3) is 0.208. The van der Waals surface area contributed by atoms with Crippen LogP contribution in [0.25, 0.3) is 0 Å². The SMILES string of the molecule is COc1ccc(C2=NN3[C@@H](c4cc(Br)ccc4O)Oc4ccc(Cl)cc4[C@@H]3C2)cc1OC. The monoisotopic (exact) mass is 514 g/mol. The number of benzene rings is 3. The molecular formula is C24H20BrClN2O4. The zero-order valence-corrected chi connectivity index (χ0v) is 19.7. The topological polar surface area (TPSA) is 63.5 Å². The van der Waals surface area contributed by atoms with E-state index in [1.54, 1.807) is 32.4 Å². The van der Waals surface area contributed by atoms with Gasteiger partial charge < -0.3 is 19.3 Å². The first kappa shape index (κ1) is 21.0. The highest BCUT2D eigenvalue weighted by molar-refractivity contribution is 9.10.